The van der Waals surface area contributed by atoms with Crippen molar-refractivity contribution in [1.29, 1.82) is 0 Å². The first-order chi connectivity index (χ1) is 9.31. The van der Waals surface area contributed by atoms with Crippen LogP contribution in [0, 0.1) is 5.82 Å². The van der Waals surface area contributed by atoms with Gasteiger partial charge < -0.3 is 20.1 Å². The SMILES string of the molecule is C[C@H]1O[C@@H](n2cc(F)c(NC(=O)O)nc2=O)[C@@H](O)[C@@H]1O. The van der Waals surface area contributed by atoms with Crippen molar-refractivity contribution in [3.05, 3.63) is 22.5 Å². The second-order valence-electron chi connectivity index (χ2n) is 4.27. The van der Waals surface area contributed by atoms with Crippen molar-refractivity contribution in [1.82, 2.24) is 9.55 Å². The van der Waals surface area contributed by atoms with Crippen molar-refractivity contribution in [3.8, 4) is 0 Å². The van der Waals surface area contributed by atoms with Crippen LogP contribution in [0.1, 0.15) is 13.2 Å². The first-order valence-corrected chi connectivity index (χ1v) is 5.61. The number of anilines is 1. The molecule has 20 heavy (non-hydrogen) atoms. The number of ether oxygens (including phenoxy) is 1. The minimum Gasteiger partial charge on any atom is -0.465 e. The summed E-state index contributed by atoms with van der Waals surface area (Å²) in [5, 5.41) is 29.3. The van der Waals surface area contributed by atoms with Gasteiger partial charge in [-0.15, -0.1) is 0 Å². The van der Waals surface area contributed by atoms with E-state index >= 15 is 0 Å². The van der Waals surface area contributed by atoms with Gasteiger partial charge in [-0.3, -0.25) is 9.88 Å². The van der Waals surface area contributed by atoms with Crippen molar-refractivity contribution >= 4 is 11.9 Å². The Hall–Kier alpha value is -2.04. The first kappa shape index (κ1) is 14.4. The molecule has 2 rings (SSSR count). The Kier molecular flexibility index (Phi) is 3.70. The fraction of sp³-hybridized carbons (Fsp3) is 0.500. The Morgan fingerprint density at radius 3 is 2.65 bits per heavy atom. The highest BCUT2D eigenvalue weighted by molar-refractivity contribution is 5.81. The number of amides is 1. The van der Waals surface area contributed by atoms with Crippen molar-refractivity contribution < 1.29 is 29.2 Å². The van der Waals surface area contributed by atoms with Crippen LogP contribution in [0.25, 0.3) is 0 Å². The molecule has 1 aromatic rings. The summed E-state index contributed by atoms with van der Waals surface area (Å²) in [7, 11) is 0. The summed E-state index contributed by atoms with van der Waals surface area (Å²) in [5.74, 6) is -1.86. The Morgan fingerprint density at radius 1 is 1.50 bits per heavy atom. The van der Waals surface area contributed by atoms with Gasteiger partial charge in [-0.25, -0.2) is 14.0 Å². The van der Waals surface area contributed by atoms with Crippen LogP contribution in [-0.2, 0) is 4.74 Å². The fourth-order valence-electron chi connectivity index (χ4n) is 1.87. The highest BCUT2D eigenvalue weighted by Gasteiger charge is 2.42. The van der Waals surface area contributed by atoms with E-state index in [1.807, 2.05) is 0 Å². The molecule has 1 aliphatic heterocycles. The Labute approximate surface area is 111 Å². The maximum absolute atomic E-state index is 13.6. The molecule has 1 fully saturated rings. The standard InChI is InChI=1S/C10H12FN3O6/c1-3-5(15)6(16)8(20-3)14-2-4(11)7(12-9(14)17)13-10(18)19/h2-3,5-6,8,15-16H,1H3,(H,18,19)(H,12,13,17)/t3-,5-,6+,8-/m1/s1. The zero-order valence-corrected chi connectivity index (χ0v) is 10.2. The molecule has 1 aliphatic rings. The Balaban J connectivity index is 2.37. The lowest BCUT2D eigenvalue weighted by Crippen LogP contribution is -2.36. The minimum absolute atomic E-state index is 0.652. The molecule has 110 valence electrons. The van der Waals surface area contributed by atoms with E-state index in [9.17, 15) is 24.2 Å². The largest absolute Gasteiger partial charge is 0.465 e. The third-order valence-corrected chi connectivity index (χ3v) is 2.88. The smallest absolute Gasteiger partial charge is 0.410 e. The van der Waals surface area contributed by atoms with Gasteiger partial charge in [-0.1, -0.05) is 0 Å². The highest BCUT2D eigenvalue weighted by atomic mass is 19.1. The monoisotopic (exact) mass is 289 g/mol. The topological polar surface area (TPSA) is 134 Å². The fourth-order valence-corrected chi connectivity index (χ4v) is 1.87. The number of aromatic nitrogens is 2. The highest BCUT2D eigenvalue weighted by Crippen LogP contribution is 2.28. The molecule has 1 amide bonds. The quantitative estimate of drug-likeness (QED) is 0.555. The van der Waals surface area contributed by atoms with E-state index < -0.39 is 48.0 Å². The van der Waals surface area contributed by atoms with Crippen molar-refractivity contribution in [3.63, 3.8) is 0 Å². The van der Waals surface area contributed by atoms with Gasteiger partial charge in [0.2, 0.25) is 0 Å². The Morgan fingerprint density at radius 2 is 2.15 bits per heavy atom. The average molecular weight is 289 g/mol. The third-order valence-electron chi connectivity index (χ3n) is 2.88. The summed E-state index contributed by atoms with van der Waals surface area (Å²) >= 11 is 0. The molecule has 4 N–H and O–H groups in total. The number of hydrogen-bond donors (Lipinski definition) is 4. The Bertz CT molecular complexity index is 591. The van der Waals surface area contributed by atoms with Crippen LogP contribution < -0.4 is 11.0 Å². The van der Waals surface area contributed by atoms with Crippen LogP contribution in [-0.4, -0.2) is 49.3 Å². The number of halogens is 1. The molecule has 0 spiro atoms. The lowest BCUT2D eigenvalue weighted by molar-refractivity contribution is -0.0355. The molecule has 1 aromatic heterocycles. The normalized spacial score (nSPS) is 29.4. The second kappa shape index (κ2) is 5.15. The third kappa shape index (κ3) is 2.48. The van der Waals surface area contributed by atoms with Gasteiger partial charge in [-0.2, -0.15) is 4.98 Å². The van der Waals surface area contributed by atoms with Gasteiger partial charge in [0.1, 0.15) is 12.2 Å². The molecule has 0 saturated carbocycles. The van der Waals surface area contributed by atoms with Crippen LogP contribution in [0.4, 0.5) is 15.0 Å². The van der Waals surface area contributed by atoms with Gasteiger partial charge in [0.25, 0.3) is 0 Å². The van der Waals surface area contributed by atoms with Crippen LogP contribution in [0.5, 0.6) is 0 Å². The van der Waals surface area contributed by atoms with Gasteiger partial charge in [-0.05, 0) is 6.92 Å². The van der Waals surface area contributed by atoms with E-state index in [1.165, 1.54) is 6.92 Å². The van der Waals surface area contributed by atoms with E-state index in [1.54, 1.807) is 5.32 Å². The van der Waals surface area contributed by atoms with Gasteiger partial charge in [0, 0.05) is 0 Å². The zero-order chi connectivity index (χ0) is 15.0. The van der Waals surface area contributed by atoms with E-state index in [2.05, 4.69) is 4.98 Å². The summed E-state index contributed by atoms with van der Waals surface area (Å²) in [6, 6.07) is 0. The van der Waals surface area contributed by atoms with Crippen LogP contribution >= 0.6 is 0 Å². The van der Waals surface area contributed by atoms with E-state index in [-0.39, 0.29) is 0 Å². The zero-order valence-electron chi connectivity index (χ0n) is 10.2. The summed E-state index contributed by atoms with van der Waals surface area (Å²) in [4.78, 5) is 25.3. The number of aliphatic hydroxyl groups is 2. The van der Waals surface area contributed by atoms with E-state index in [0.717, 1.165) is 0 Å². The number of carbonyl (C=O) groups is 1. The molecular formula is C10H12FN3O6. The number of hydrogen-bond acceptors (Lipinski definition) is 6. The molecule has 0 unspecified atom stereocenters. The summed E-state index contributed by atoms with van der Waals surface area (Å²) in [6.07, 6.45) is -5.63. The van der Waals surface area contributed by atoms with Crippen molar-refractivity contribution in [2.24, 2.45) is 0 Å². The van der Waals surface area contributed by atoms with Crippen molar-refractivity contribution in [2.75, 3.05) is 5.32 Å². The van der Waals surface area contributed by atoms with Crippen molar-refractivity contribution in [2.45, 2.75) is 31.5 Å². The second-order valence-corrected chi connectivity index (χ2v) is 4.27. The number of aliphatic hydroxyl groups excluding tert-OH is 2. The molecule has 0 aliphatic carbocycles. The summed E-state index contributed by atoms with van der Waals surface area (Å²) < 4.78 is 19.4. The van der Waals surface area contributed by atoms with Gasteiger partial charge in [0.05, 0.1) is 12.3 Å². The summed E-state index contributed by atoms with van der Waals surface area (Å²) in [6.45, 7) is 1.48. The first-order valence-electron chi connectivity index (χ1n) is 5.61. The molecule has 0 aromatic carbocycles. The molecular weight excluding hydrogens is 277 g/mol. The molecule has 4 atom stereocenters. The lowest BCUT2D eigenvalue weighted by atomic mass is 10.1. The lowest BCUT2D eigenvalue weighted by Gasteiger charge is -2.17. The van der Waals surface area contributed by atoms with Crippen LogP contribution in [0.2, 0.25) is 0 Å². The van der Waals surface area contributed by atoms with Gasteiger partial charge >= 0.3 is 11.8 Å². The van der Waals surface area contributed by atoms with E-state index in [0.29, 0.717) is 10.8 Å². The number of carboxylic acid groups (broad SMARTS) is 1. The van der Waals surface area contributed by atoms with Gasteiger partial charge in [0.15, 0.2) is 17.9 Å². The maximum atomic E-state index is 13.6. The number of nitrogens with zero attached hydrogens (tertiary/aromatic N) is 2. The molecule has 0 radical (unpaired) electrons. The van der Waals surface area contributed by atoms with E-state index in [4.69, 9.17) is 9.84 Å². The minimum atomic E-state index is -1.57. The predicted molar refractivity (Wildman–Crippen MR) is 61.7 cm³/mol. The predicted octanol–water partition coefficient (Wildman–Crippen LogP) is -0.889. The molecule has 0 bridgehead atoms. The maximum Gasteiger partial charge on any atom is 0.410 e. The average Bonchev–Trinajstić information content (AvgIpc) is 2.61. The molecule has 1 saturated heterocycles. The molecule has 10 heteroatoms. The number of nitrogens with one attached hydrogen (secondary N) is 1. The van der Waals surface area contributed by atoms with Crippen LogP contribution in [0.3, 0.4) is 0 Å². The number of rotatable bonds is 2. The summed E-state index contributed by atoms with van der Waals surface area (Å²) in [5.41, 5.74) is -1.03. The molecule has 9 nitrogen and oxygen atoms in total. The molecule has 2 heterocycles. The van der Waals surface area contributed by atoms with Crippen LogP contribution in [0.15, 0.2) is 11.0 Å².